The number of aromatic amines is 1. The topological polar surface area (TPSA) is 134 Å². The van der Waals surface area contributed by atoms with Gasteiger partial charge in [0.15, 0.2) is 5.82 Å². The first kappa shape index (κ1) is 22.0. The van der Waals surface area contributed by atoms with Crippen LogP contribution >= 0.6 is 0 Å². The average Bonchev–Trinajstić information content (AvgIpc) is 3.36. The molecule has 5 heterocycles. The van der Waals surface area contributed by atoms with Gasteiger partial charge in [0, 0.05) is 66.1 Å². The molecule has 0 unspecified atom stereocenters. The van der Waals surface area contributed by atoms with Crippen molar-refractivity contribution in [3.8, 4) is 11.3 Å². The zero-order valence-corrected chi connectivity index (χ0v) is 20.4. The third kappa shape index (κ3) is 3.83. The second-order valence-corrected chi connectivity index (χ2v) is 10.4. The first-order valence-electron chi connectivity index (χ1n) is 12.9. The predicted molar refractivity (Wildman–Crippen MR) is 138 cm³/mol. The summed E-state index contributed by atoms with van der Waals surface area (Å²) in [5.41, 5.74) is 10.2. The number of hydrogen-bond acceptors (Lipinski definition) is 6. The van der Waals surface area contributed by atoms with Crippen molar-refractivity contribution in [2.45, 2.75) is 56.4 Å². The number of carbonyl (C=O) groups excluding carboxylic acids is 2. The van der Waals surface area contributed by atoms with Crippen molar-refractivity contribution >= 4 is 29.0 Å². The van der Waals surface area contributed by atoms with Crippen LogP contribution in [0.2, 0.25) is 0 Å². The minimum atomic E-state index is -0.219. The van der Waals surface area contributed by atoms with Gasteiger partial charge in [0.2, 0.25) is 5.91 Å². The Balaban J connectivity index is 1.17. The highest BCUT2D eigenvalue weighted by Crippen LogP contribution is 2.40. The van der Waals surface area contributed by atoms with E-state index in [9.17, 15) is 9.59 Å². The molecule has 1 saturated carbocycles. The zero-order chi connectivity index (χ0) is 25.1. The molecule has 188 valence electrons. The molecule has 7 rings (SSSR count). The number of fused-ring (bicyclic) bond motifs is 2. The van der Waals surface area contributed by atoms with E-state index in [0.29, 0.717) is 42.1 Å². The number of benzene rings is 1. The fraction of sp³-hybridized carbons (Fsp3) is 0.370. The first-order chi connectivity index (χ1) is 18.0. The molecule has 2 amide bonds. The molecule has 3 fully saturated rings. The van der Waals surface area contributed by atoms with Gasteiger partial charge in [0.05, 0.1) is 0 Å². The van der Waals surface area contributed by atoms with Gasteiger partial charge in [-0.15, -0.1) is 0 Å². The summed E-state index contributed by atoms with van der Waals surface area (Å²) < 4.78 is 2.01. The lowest BCUT2D eigenvalue weighted by Gasteiger charge is -2.34. The molecular weight excluding hydrogens is 468 g/mol. The van der Waals surface area contributed by atoms with Crippen molar-refractivity contribution in [1.29, 1.82) is 0 Å². The Morgan fingerprint density at radius 3 is 2.70 bits per heavy atom. The van der Waals surface area contributed by atoms with E-state index in [1.807, 2.05) is 33.7 Å². The summed E-state index contributed by atoms with van der Waals surface area (Å²) in [5.74, 6) is 2.51. The summed E-state index contributed by atoms with van der Waals surface area (Å²) in [7, 11) is 0. The number of nitrogens with zero attached hydrogens (tertiary/aromatic N) is 5. The quantitative estimate of drug-likeness (QED) is 0.386. The van der Waals surface area contributed by atoms with Crippen LogP contribution in [0.1, 0.15) is 72.2 Å². The molecule has 0 spiro atoms. The molecule has 1 aliphatic carbocycles. The van der Waals surface area contributed by atoms with E-state index in [-0.39, 0.29) is 17.7 Å². The third-order valence-electron chi connectivity index (χ3n) is 7.97. The number of piperidine rings is 1. The smallest absolute Gasteiger partial charge is 0.256 e. The molecule has 1 aromatic carbocycles. The number of hydrogen-bond donors (Lipinski definition) is 3. The maximum absolute atomic E-state index is 12.8. The fourth-order valence-electron chi connectivity index (χ4n) is 5.83. The number of nitrogen functional groups attached to an aromatic ring is 1. The number of imidazole rings is 1. The van der Waals surface area contributed by atoms with Gasteiger partial charge in [-0.3, -0.25) is 19.1 Å². The fourth-order valence-corrected chi connectivity index (χ4v) is 5.83. The van der Waals surface area contributed by atoms with Crippen LogP contribution in [0.4, 0.5) is 11.6 Å². The Labute approximate surface area is 213 Å². The second-order valence-electron chi connectivity index (χ2n) is 10.4. The number of rotatable bonds is 5. The lowest BCUT2D eigenvalue weighted by Crippen LogP contribution is -2.41. The van der Waals surface area contributed by atoms with E-state index in [1.165, 1.54) is 12.8 Å². The first-order valence-corrected chi connectivity index (χ1v) is 12.9. The van der Waals surface area contributed by atoms with E-state index < -0.39 is 0 Å². The Bertz CT molecular complexity index is 1520. The summed E-state index contributed by atoms with van der Waals surface area (Å²) in [6, 6.07) is 9.60. The lowest BCUT2D eigenvalue weighted by molar-refractivity contribution is -0.130. The predicted octanol–water partition coefficient (Wildman–Crippen LogP) is 3.70. The van der Waals surface area contributed by atoms with Crippen LogP contribution in [0, 0.1) is 0 Å². The third-order valence-corrected chi connectivity index (χ3v) is 7.97. The molecule has 2 saturated heterocycles. The highest BCUT2D eigenvalue weighted by atomic mass is 16.2. The minimum absolute atomic E-state index is 0.126. The average molecular weight is 497 g/mol. The molecule has 3 aliphatic rings. The highest BCUT2D eigenvalue weighted by molar-refractivity contribution is 6.04. The van der Waals surface area contributed by atoms with Gasteiger partial charge in [-0.2, -0.15) is 5.10 Å². The van der Waals surface area contributed by atoms with Gasteiger partial charge in [-0.1, -0.05) is 12.1 Å². The van der Waals surface area contributed by atoms with Gasteiger partial charge in [-0.05, 0) is 44.2 Å². The SMILES string of the molecule is Nc1nccn2c([C@@H]3CC[C@H]4CCC(=O)N4C3)nc(-c3ccc(C(=O)Nc4cc(C5CC5)[nH]n4)cc3)c12. The van der Waals surface area contributed by atoms with Crippen molar-refractivity contribution in [1.82, 2.24) is 29.5 Å². The maximum atomic E-state index is 12.8. The number of H-pyrrole nitrogens is 1. The van der Waals surface area contributed by atoms with Crippen LogP contribution in [0.15, 0.2) is 42.7 Å². The molecule has 10 nitrogen and oxygen atoms in total. The number of anilines is 2. The van der Waals surface area contributed by atoms with Crippen LogP contribution in [0.3, 0.4) is 0 Å². The van der Waals surface area contributed by atoms with Crippen molar-refractivity contribution < 1.29 is 9.59 Å². The summed E-state index contributed by atoms with van der Waals surface area (Å²) >= 11 is 0. The van der Waals surface area contributed by atoms with Crippen molar-refractivity contribution in [2.24, 2.45) is 0 Å². The summed E-state index contributed by atoms with van der Waals surface area (Å²) in [6.07, 6.45) is 9.46. The molecule has 3 aromatic heterocycles. The van der Waals surface area contributed by atoms with Gasteiger partial charge in [0.1, 0.15) is 22.9 Å². The number of carbonyl (C=O) groups is 2. The number of aromatic nitrogens is 5. The zero-order valence-electron chi connectivity index (χ0n) is 20.4. The van der Waals surface area contributed by atoms with E-state index >= 15 is 0 Å². The Morgan fingerprint density at radius 2 is 1.89 bits per heavy atom. The largest absolute Gasteiger partial charge is 0.382 e. The molecule has 4 N–H and O–H groups in total. The van der Waals surface area contributed by atoms with E-state index in [2.05, 4.69) is 20.5 Å². The molecular formula is C27H28N8O2. The number of nitrogens with one attached hydrogen (secondary N) is 2. The molecule has 0 bridgehead atoms. The molecule has 2 atom stereocenters. The standard InChI is InChI=1S/C27H28N8O2/c28-25-24-23(16-3-5-17(6-4-16)27(37)30-21-13-20(32-33-21)15-1-2-15)31-26(34(24)12-11-29-25)18-7-8-19-9-10-22(36)35(19)14-18/h3-6,11-13,15,18-19H,1-2,7-10,14H2,(H2,28,29)(H2,30,32,33,37)/t18-,19+/m1/s1. The maximum Gasteiger partial charge on any atom is 0.256 e. The van der Waals surface area contributed by atoms with Gasteiger partial charge in [0.25, 0.3) is 5.91 Å². The van der Waals surface area contributed by atoms with E-state index in [0.717, 1.165) is 47.6 Å². The second kappa shape index (κ2) is 8.43. The Morgan fingerprint density at radius 1 is 1.08 bits per heavy atom. The van der Waals surface area contributed by atoms with E-state index in [4.69, 9.17) is 10.7 Å². The molecule has 37 heavy (non-hydrogen) atoms. The van der Waals surface area contributed by atoms with Crippen molar-refractivity contribution in [3.05, 3.63) is 59.8 Å². The van der Waals surface area contributed by atoms with Gasteiger partial charge >= 0.3 is 0 Å². The lowest BCUT2D eigenvalue weighted by atomic mass is 9.92. The normalized spacial score (nSPS) is 21.4. The minimum Gasteiger partial charge on any atom is -0.382 e. The van der Waals surface area contributed by atoms with Gasteiger partial charge < -0.3 is 16.0 Å². The Hall–Kier alpha value is -4.21. The van der Waals surface area contributed by atoms with Crippen LogP contribution in [0.5, 0.6) is 0 Å². The van der Waals surface area contributed by atoms with Gasteiger partial charge in [-0.25, -0.2) is 9.97 Å². The summed E-state index contributed by atoms with van der Waals surface area (Å²) in [4.78, 5) is 36.6. The molecule has 2 aliphatic heterocycles. The van der Waals surface area contributed by atoms with E-state index in [1.54, 1.807) is 18.3 Å². The molecule has 10 heteroatoms. The van der Waals surface area contributed by atoms with Crippen LogP contribution < -0.4 is 11.1 Å². The van der Waals surface area contributed by atoms with Crippen molar-refractivity contribution in [2.75, 3.05) is 17.6 Å². The van der Waals surface area contributed by atoms with Crippen LogP contribution in [0.25, 0.3) is 16.8 Å². The summed E-state index contributed by atoms with van der Waals surface area (Å²) in [5, 5.41) is 10.1. The van der Waals surface area contributed by atoms with Crippen molar-refractivity contribution in [3.63, 3.8) is 0 Å². The molecule has 4 aromatic rings. The monoisotopic (exact) mass is 496 g/mol. The number of amides is 2. The van der Waals surface area contributed by atoms with Crippen LogP contribution in [-0.4, -0.2) is 53.9 Å². The number of nitrogens with two attached hydrogens (primary N) is 1. The highest BCUT2D eigenvalue weighted by Gasteiger charge is 2.38. The summed E-state index contributed by atoms with van der Waals surface area (Å²) in [6.45, 7) is 0.680. The Kier molecular flexibility index (Phi) is 5.02. The van der Waals surface area contributed by atoms with Crippen LogP contribution in [-0.2, 0) is 4.79 Å². The molecule has 0 radical (unpaired) electrons.